The maximum Gasteiger partial charge on any atom is 0.137 e. The van der Waals surface area contributed by atoms with Gasteiger partial charge >= 0.3 is 0 Å². The Balaban J connectivity index is 1.90. The quantitative estimate of drug-likeness (QED) is 0.843. The van der Waals surface area contributed by atoms with Crippen molar-refractivity contribution in [3.05, 3.63) is 11.4 Å². The lowest BCUT2D eigenvalue weighted by Crippen LogP contribution is -2.43. The van der Waals surface area contributed by atoms with Crippen molar-refractivity contribution in [1.82, 2.24) is 9.97 Å². The summed E-state index contributed by atoms with van der Waals surface area (Å²) in [6, 6.07) is 0. The lowest BCUT2D eigenvalue weighted by molar-refractivity contribution is 0.102. The number of anilines is 2. The Morgan fingerprint density at radius 3 is 2.63 bits per heavy atom. The van der Waals surface area contributed by atoms with Crippen molar-refractivity contribution in [3.8, 4) is 0 Å². The zero-order chi connectivity index (χ0) is 13.6. The average Bonchev–Trinajstić information content (AvgIpc) is 3.20. The summed E-state index contributed by atoms with van der Waals surface area (Å²) in [6.45, 7) is 5.63. The molecule has 1 saturated heterocycles. The highest BCUT2D eigenvalue weighted by molar-refractivity contribution is 5.57. The molecule has 3 N–H and O–H groups in total. The molecule has 2 heterocycles. The summed E-state index contributed by atoms with van der Waals surface area (Å²) in [4.78, 5) is 11.3. The number of nitrogens with zero attached hydrogens (tertiary/aromatic N) is 3. The van der Waals surface area contributed by atoms with E-state index in [9.17, 15) is 5.11 Å². The summed E-state index contributed by atoms with van der Waals surface area (Å²) in [6.07, 6.45) is 3.04. The van der Waals surface area contributed by atoms with Crippen molar-refractivity contribution < 1.29 is 5.11 Å². The number of hydrogen-bond acceptors (Lipinski definition) is 5. The van der Waals surface area contributed by atoms with Crippen LogP contribution in [-0.4, -0.2) is 34.3 Å². The Kier molecular flexibility index (Phi) is 3.09. The van der Waals surface area contributed by atoms with Gasteiger partial charge in [0.15, 0.2) is 0 Å². The van der Waals surface area contributed by atoms with Gasteiger partial charge in [-0.3, -0.25) is 0 Å². The zero-order valence-electron chi connectivity index (χ0n) is 11.6. The molecule has 0 bridgehead atoms. The van der Waals surface area contributed by atoms with Crippen LogP contribution in [0.25, 0.3) is 0 Å². The van der Waals surface area contributed by atoms with Gasteiger partial charge in [0.05, 0.1) is 6.10 Å². The van der Waals surface area contributed by atoms with E-state index in [0.717, 1.165) is 30.2 Å². The van der Waals surface area contributed by atoms with Crippen LogP contribution >= 0.6 is 0 Å². The number of nitrogens with two attached hydrogens (primary N) is 1. The molecule has 104 valence electrons. The molecule has 0 radical (unpaired) electrons. The predicted octanol–water partition coefficient (Wildman–Crippen LogP) is 1.45. The van der Waals surface area contributed by atoms with E-state index >= 15 is 0 Å². The highest BCUT2D eigenvalue weighted by Gasteiger charge is 2.30. The van der Waals surface area contributed by atoms with Gasteiger partial charge in [0, 0.05) is 24.6 Å². The molecular weight excluding hydrogens is 240 g/mol. The van der Waals surface area contributed by atoms with E-state index in [2.05, 4.69) is 16.8 Å². The molecule has 1 aliphatic carbocycles. The topological polar surface area (TPSA) is 75.3 Å². The lowest BCUT2D eigenvalue weighted by Gasteiger charge is -2.36. The first-order valence-corrected chi connectivity index (χ1v) is 7.13. The molecule has 1 aromatic rings. The van der Waals surface area contributed by atoms with Gasteiger partial charge in [-0.05, 0) is 32.1 Å². The maximum atomic E-state index is 10.0. The van der Waals surface area contributed by atoms with E-state index < -0.39 is 0 Å². The second kappa shape index (κ2) is 4.63. The number of rotatable bonds is 2. The highest BCUT2D eigenvalue weighted by Crippen LogP contribution is 2.40. The van der Waals surface area contributed by atoms with Gasteiger partial charge in [0.1, 0.15) is 17.5 Å². The summed E-state index contributed by atoms with van der Waals surface area (Å²) < 4.78 is 0. The van der Waals surface area contributed by atoms with E-state index in [0.29, 0.717) is 24.2 Å². The Morgan fingerprint density at radius 2 is 2.00 bits per heavy atom. The monoisotopic (exact) mass is 262 g/mol. The fourth-order valence-corrected chi connectivity index (χ4v) is 2.61. The van der Waals surface area contributed by atoms with Crippen molar-refractivity contribution in [1.29, 1.82) is 0 Å². The Hall–Kier alpha value is -1.36. The van der Waals surface area contributed by atoms with Gasteiger partial charge in [-0.15, -0.1) is 0 Å². The molecule has 5 heteroatoms. The first-order valence-electron chi connectivity index (χ1n) is 7.13. The fourth-order valence-electron chi connectivity index (χ4n) is 2.61. The average molecular weight is 262 g/mol. The molecule has 0 aromatic carbocycles. The van der Waals surface area contributed by atoms with Crippen LogP contribution in [0.4, 0.5) is 11.6 Å². The maximum absolute atomic E-state index is 10.0. The van der Waals surface area contributed by atoms with E-state index in [1.165, 1.54) is 12.8 Å². The van der Waals surface area contributed by atoms with Crippen LogP contribution in [0.5, 0.6) is 0 Å². The highest BCUT2D eigenvalue weighted by atomic mass is 16.3. The van der Waals surface area contributed by atoms with Crippen LogP contribution in [0.2, 0.25) is 0 Å². The second-order valence-corrected chi connectivity index (χ2v) is 5.97. The number of hydrogen-bond donors (Lipinski definition) is 2. The summed E-state index contributed by atoms with van der Waals surface area (Å²) in [7, 11) is 0. The van der Waals surface area contributed by atoms with Crippen LogP contribution in [0, 0.1) is 12.8 Å². The van der Waals surface area contributed by atoms with Gasteiger partial charge in [-0.2, -0.15) is 0 Å². The molecule has 1 aliphatic heterocycles. The van der Waals surface area contributed by atoms with Gasteiger partial charge in [0.2, 0.25) is 0 Å². The molecule has 2 unspecified atom stereocenters. The standard InChI is InChI=1S/C14H22N4O/c1-8-5-6-18(7-11(8)19)14-9(2)12(15)16-13(17-14)10-3-4-10/h8,10-11,19H,3-7H2,1-2H3,(H2,15,16,17). The number of aliphatic hydroxyl groups is 1. The van der Waals surface area contributed by atoms with Gasteiger partial charge < -0.3 is 15.7 Å². The fraction of sp³-hybridized carbons (Fsp3) is 0.714. The van der Waals surface area contributed by atoms with Crippen LogP contribution in [0.1, 0.15) is 43.5 Å². The van der Waals surface area contributed by atoms with Crippen LogP contribution in [0.3, 0.4) is 0 Å². The number of aromatic nitrogens is 2. The van der Waals surface area contributed by atoms with Gasteiger partial charge in [0.25, 0.3) is 0 Å². The normalized spacial score (nSPS) is 27.6. The summed E-state index contributed by atoms with van der Waals surface area (Å²) in [5.74, 6) is 3.24. The molecule has 1 saturated carbocycles. The van der Waals surface area contributed by atoms with E-state index in [1.54, 1.807) is 0 Å². The third-order valence-electron chi connectivity index (χ3n) is 4.34. The SMILES string of the molecule is Cc1c(N)nc(C2CC2)nc1N1CCC(C)C(O)C1. The predicted molar refractivity (Wildman–Crippen MR) is 75.2 cm³/mol. The smallest absolute Gasteiger partial charge is 0.137 e. The van der Waals surface area contributed by atoms with Crippen molar-refractivity contribution in [3.63, 3.8) is 0 Å². The number of piperidine rings is 1. The van der Waals surface area contributed by atoms with Crippen LogP contribution < -0.4 is 10.6 Å². The largest absolute Gasteiger partial charge is 0.391 e. The first kappa shape index (κ1) is 12.7. The molecule has 1 aromatic heterocycles. The number of aliphatic hydroxyl groups excluding tert-OH is 1. The number of nitrogen functional groups attached to an aromatic ring is 1. The zero-order valence-corrected chi connectivity index (χ0v) is 11.6. The van der Waals surface area contributed by atoms with E-state index in [-0.39, 0.29) is 6.10 Å². The van der Waals surface area contributed by atoms with Crippen LogP contribution in [-0.2, 0) is 0 Å². The minimum atomic E-state index is -0.284. The third kappa shape index (κ3) is 2.39. The molecule has 0 spiro atoms. The number of β-amino-alcohol motifs (C(OH)–C–C–N with tert-alkyl or cyclic N) is 1. The van der Waals surface area contributed by atoms with Crippen molar-refractivity contribution in [2.75, 3.05) is 23.7 Å². The van der Waals surface area contributed by atoms with Crippen molar-refractivity contribution in [2.24, 2.45) is 5.92 Å². The summed E-state index contributed by atoms with van der Waals surface area (Å²) in [5.41, 5.74) is 6.95. The molecule has 5 nitrogen and oxygen atoms in total. The van der Waals surface area contributed by atoms with Gasteiger partial charge in [-0.1, -0.05) is 6.92 Å². The first-order chi connectivity index (χ1) is 9.06. The minimum absolute atomic E-state index is 0.284. The van der Waals surface area contributed by atoms with E-state index in [4.69, 9.17) is 10.7 Å². The summed E-state index contributed by atoms with van der Waals surface area (Å²) in [5, 5.41) is 10.0. The molecule has 2 atom stereocenters. The molecule has 3 rings (SSSR count). The van der Waals surface area contributed by atoms with E-state index in [1.807, 2.05) is 6.92 Å². The second-order valence-electron chi connectivity index (χ2n) is 5.97. The minimum Gasteiger partial charge on any atom is -0.391 e. The Bertz CT molecular complexity index is 487. The molecule has 2 fully saturated rings. The summed E-state index contributed by atoms with van der Waals surface area (Å²) >= 11 is 0. The van der Waals surface area contributed by atoms with Gasteiger partial charge in [-0.25, -0.2) is 9.97 Å². The third-order valence-corrected chi connectivity index (χ3v) is 4.34. The van der Waals surface area contributed by atoms with Crippen molar-refractivity contribution in [2.45, 2.75) is 45.1 Å². The molecule has 2 aliphatic rings. The van der Waals surface area contributed by atoms with Crippen molar-refractivity contribution >= 4 is 11.6 Å². The Morgan fingerprint density at radius 1 is 1.26 bits per heavy atom. The van der Waals surface area contributed by atoms with Crippen LogP contribution in [0.15, 0.2) is 0 Å². The Labute approximate surface area is 113 Å². The lowest BCUT2D eigenvalue weighted by atomic mass is 9.96. The molecule has 19 heavy (non-hydrogen) atoms. The molecular formula is C14H22N4O. The molecule has 0 amide bonds.